The first-order valence-corrected chi connectivity index (χ1v) is 14.8. The van der Waals surface area contributed by atoms with E-state index in [1.165, 1.54) is 4.90 Å². The number of rotatable bonds is 8. The predicted octanol–water partition coefficient (Wildman–Crippen LogP) is 5.41. The Morgan fingerprint density at radius 1 is 1.00 bits per heavy atom. The van der Waals surface area contributed by atoms with Crippen molar-refractivity contribution in [2.75, 3.05) is 19.6 Å². The quantitative estimate of drug-likeness (QED) is 0.389. The van der Waals surface area contributed by atoms with Crippen molar-refractivity contribution in [3.63, 3.8) is 0 Å². The first kappa shape index (κ1) is 28.7. The maximum absolute atomic E-state index is 13.6. The van der Waals surface area contributed by atoms with E-state index in [9.17, 15) is 23.2 Å². The lowest BCUT2D eigenvalue weighted by Gasteiger charge is -2.38. The van der Waals surface area contributed by atoms with Crippen molar-refractivity contribution in [1.29, 1.82) is 0 Å². The number of amides is 4. The van der Waals surface area contributed by atoms with Gasteiger partial charge in [-0.3, -0.25) is 14.5 Å². The Bertz CT molecular complexity index is 1210. The molecule has 0 aromatic heterocycles. The lowest BCUT2D eigenvalue weighted by molar-refractivity contribution is -0.133. The number of urea groups is 1. The van der Waals surface area contributed by atoms with E-state index in [1.807, 2.05) is 54.6 Å². The molecule has 2 aromatic carbocycles. The van der Waals surface area contributed by atoms with Crippen LogP contribution in [0.3, 0.4) is 0 Å². The second-order valence-electron chi connectivity index (χ2n) is 11.3. The minimum absolute atomic E-state index is 0.160. The molecule has 0 unspecified atom stereocenters. The highest BCUT2D eigenvalue weighted by Gasteiger charge is 2.52. The Hall–Kier alpha value is -2.85. The maximum Gasteiger partial charge on any atom is 0.325 e. The van der Waals surface area contributed by atoms with Crippen molar-refractivity contribution in [2.24, 2.45) is 5.92 Å². The molecule has 2 aliphatic heterocycles. The van der Waals surface area contributed by atoms with Gasteiger partial charge in [-0.05, 0) is 55.4 Å². The average molecular weight is 618 g/mol. The van der Waals surface area contributed by atoms with Gasteiger partial charge in [0.2, 0.25) is 11.8 Å². The minimum atomic E-state index is -2.67. The molecule has 2 saturated heterocycles. The molecule has 40 heavy (non-hydrogen) atoms. The molecule has 1 spiro atoms. The minimum Gasteiger partial charge on any atom is -0.349 e. The molecule has 2 heterocycles. The number of nitrogens with one attached hydrogen (secondary N) is 2. The van der Waals surface area contributed by atoms with Gasteiger partial charge in [-0.1, -0.05) is 58.4 Å². The molecule has 1 aliphatic carbocycles. The average Bonchev–Trinajstić information content (AvgIpc) is 3.17. The fraction of sp³-hybridized carbons (Fsp3) is 0.500. The van der Waals surface area contributed by atoms with Crippen LogP contribution >= 0.6 is 15.9 Å². The van der Waals surface area contributed by atoms with E-state index in [0.29, 0.717) is 38.9 Å². The molecule has 2 aromatic rings. The van der Waals surface area contributed by atoms with E-state index in [2.05, 4.69) is 31.5 Å². The van der Waals surface area contributed by atoms with Crippen molar-refractivity contribution >= 4 is 33.8 Å². The number of benzene rings is 2. The second kappa shape index (κ2) is 11.9. The SMILES string of the molecule is O=C(N[C@@H](CCN1CCC2(CC1)NC(=O)N(Cc1ccc(Br)cc1)C2=O)c1ccccc1)C1CCC(F)(F)CC1. The van der Waals surface area contributed by atoms with Crippen LogP contribution in [-0.2, 0) is 16.1 Å². The van der Waals surface area contributed by atoms with Crippen LogP contribution in [0.2, 0.25) is 0 Å². The van der Waals surface area contributed by atoms with E-state index >= 15 is 0 Å². The number of hydrogen-bond donors (Lipinski definition) is 2. The van der Waals surface area contributed by atoms with Crippen LogP contribution in [-0.4, -0.2) is 58.7 Å². The molecule has 5 rings (SSSR count). The predicted molar refractivity (Wildman–Crippen MR) is 150 cm³/mol. The van der Waals surface area contributed by atoms with Gasteiger partial charge in [0.25, 0.3) is 5.91 Å². The van der Waals surface area contributed by atoms with Crippen molar-refractivity contribution in [2.45, 2.75) is 69.0 Å². The zero-order chi connectivity index (χ0) is 28.3. The summed E-state index contributed by atoms with van der Waals surface area (Å²) in [5.74, 6) is -3.39. The summed E-state index contributed by atoms with van der Waals surface area (Å²) in [6.45, 7) is 2.22. The Morgan fingerprint density at radius 3 is 2.30 bits per heavy atom. The fourth-order valence-corrected chi connectivity index (χ4v) is 6.26. The molecular formula is C30H35BrF2N4O3. The smallest absolute Gasteiger partial charge is 0.325 e. The number of likely N-dealkylation sites (tertiary alicyclic amines) is 1. The number of carbonyl (C=O) groups is 3. The summed E-state index contributed by atoms with van der Waals surface area (Å²) in [6.07, 6.45) is 1.61. The summed E-state index contributed by atoms with van der Waals surface area (Å²) in [6, 6.07) is 16.7. The summed E-state index contributed by atoms with van der Waals surface area (Å²) in [5, 5.41) is 6.10. The van der Waals surface area contributed by atoms with Gasteiger partial charge < -0.3 is 15.5 Å². The molecule has 214 valence electrons. The van der Waals surface area contributed by atoms with E-state index in [-0.39, 0.29) is 56.1 Å². The van der Waals surface area contributed by atoms with Crippen LogP contribution in [0, 0.1) is 5.92 Å². The normalized spacial score (nSPS) is 21.8. The number of hydrogen-bond acceptors (Lipinski definition) is 4. The highest BCUT2D eigenvalue weighted by atomic mass is 79.9. The molecule has 0 bridgehead atoms. The van der Waals surface area contributed by atoms with Crippen molar-refractivity contribution in [1.82, 2.24) is 20.4 Å². The lowest BCUT2D eigenvalue weighted by Crippen LogP contribution is -2.55. The van der Waals surface area contributed by atoms with Gasteiger partial charge in [-0.15, -0.1) is 0 Å². The molecule has 2 N–H and O–H groups in total. The Balaban J connectivity index is 1.16. The molecular weight excluding hydrogens is 582 g/mol. The monoisotopic (exact) mass is 616 g/mol. The maximum atomic E-state index is 13.6. The third-order valence-corrected chi connectivity index (χ3v) is 9.08. The van der Waals surface area contributed by atoms with Crippen LogP contribution in [0.15, 0.2) is 59.1 Å². The van der Waals surface area contributed by atoms with E-state index < -0.39 is 17.4 Å². The summed E-state index contributed by atoms with van der Waals surface area (Å²) in [7, 11) is 0. The van der Waals surface area contributed by atoms with Gasteiger partial charge in [-0.2, -0.15) is 0 Å². The van der Waals surface area contributed by atoms with Crippen molar-refractivity contribution in [3.8, 4) is 0 Å². The third-order valence-electron chi connectivity index (χ3n) is 8.55. The second-order valence-corrected chi connectivity index (χ2v) is 12.2. The molecule has 4 amide bonds. The Kier molecular flexibility index (Phi) is 8.56. The number of alkyl halides is 2. The summed E-state index contributed by atoms with van der Waals surface area (Å²) in [4.78, 5) is 42.7. The molecule has 1 atom stereocenters. The standard InChI is InChI=1S/C30H35BrF2N4O3/c31-24-8-6-21(7-9-24)20-37-27(39)29(35-28(37)40)15-18-36(19-16-29)17-12-25(22-4-2-1-3-5-22)34-26(38)23-10-13-30(32,33)14-11-23/h1-9,23,25H,10-20H2,(H,34,38)(H,35,40)/t25-/m0/s1. The van der Waals surface area contributed by atoms with Gasteiger partial charge >= 0.3 is 6.03 Å². The van der Waals surface area contributed by atoms with Gasteiger partial charge in [0.1, 0.15) is 5.54 Å². The van der Waals surface area contributed by atoms with Crippen LogP contribution in [0.1, 0.15) is 62.1 Å². The van der Waals surface area contributed by atoms with Gasteiger partial charge in [0.15, 0.2) is 0 Å². The van der Waals surface area contributed by atoms with Gasteiger partial charge in [0.05, 0.1) is 12.6 Å². The molecule has 1 saturated carbocycles. The van der Waals surface area contributed by atoms with Gasteiger partial charge in [0, 0.05) is 42.9 Å². The Labute approximate surface area is 241 Å². The molecule has 7 nitrogen and oxygen atoms in total. The van der Waals surface area contributed by atoms with Crippen molar-refractivity contribution < 1.29 is 23.2 Å². The number of nitrogens with zero attached hydrogens (tertiary/aromatic N) is 2. The van der Waals surface area contributed by atoms with Crippen LogP contribution < -0.4 is 10.6 Å². The van der Waals surface area contributed by atoms with E-state index in [1.54, 1.807) is 0 Å². The number of carbonyl (C=O) groups excluding carboxylic acids is 3. The fourth-order valence-electron chi connectivity index (χ4n) is 6.00. The number of halogens is 3. The topological polar surface area (TPSA) is 81.8 Å². The number of imide groups is 1. The van der Waals surface area contributed by atoms with Crippen LogP contribution in [0.5, 0.6) is 0 Å². The molecule has 0 radical (unpaired) electrons. The third kappa shape index (κ3) is 6.54. The zero-order valence-corrected chi connectivity index (χ0v) is 24.0. The van der Waals surface area contributed by atoms with Crippen LogP contribution in [0.4, 0.5) is 13.6 Å². The molecule has 3 aliphatic rings. The van der Waals surface area contributed by atoms with E-state index in [0.717, 1.165) is 15.6 Å². The Morgan fingerprint density at radius 2 is 1.65 bits per heavy atom. The first-order chi connectivity index (χ1) is 19.1. The van der Waals surface area contributed by atoms with Gasteiger partial charge in [-0.25, -0.2) is 13.6 Å². The molecule has 3 fully saturated rings. The zero-order valence-electron chi connectivity index (χ0n) is 22.4. The summed E-state index contributed by atoms with van der Waals surface area (Å²) in [5.41, 5.74) is 0.989. The largest absolute Gasteiger partial charge is 0.349 e. The summed E-state index contributed by atoms with van der Waals surface area (Å²) >= 11 is 3.40. The summed E-state index contributed by atoms with van der Waals surface area (Å²) < 4.78 is 28.1. The van der Waals surface area contributed by atoms with E-state index in [4.69, 9.17) is 0 Å². The first-order valence-electron chi connectivity index (χ1n) is 14.0. The highest BCUT2D eigenvalue weighted by Crippen LogP contribution is 2.37. The highest BCUT2D eigenvalue weighted by molar-refractivity contribution is 9.10. The van der Waals surface area contributed by atoms with Crippen molar-refractivity contribution in [3.05, 3.63) is 70.2 Å². The molecule has 10 heteroatoms. The lowest BCUT2D eigenvalue weighted by atomic mass is 9.85. The van der Waals surface area contributed by atoms with Crippen LogP contribution in [0.25, 0.3) is 0 Å². The number of piperidine rings is 1.